The van der Waals surface area contributed by atoms with Crippen LogP contribution >= 0.6 is 0 Å². The third-order valence-electron chi connectivity index (χ3n) is 4.77. The van der Waals surface area contributed by atoms with Gasteiger partial charge in [0.1, 0.15) is 0 Å². The summed E-state index contributed by atoms with van der Waals surface area (Å²) < 4.78 is 0. The molecule has 8 nitrogen and oxygen atoms in total. The summed E-state index contributed by atoms with van der Waals surface area (Å²) in [6, 6.07) is 8.17. The number of nitrogens with zero attached hydrogens (tertiary/aromatic N) is 2. The second-order valence-corrected chi connectivity index (χ2v) is 7.13. The normalized spacial score (nSPS) is 17.1. The molecule has 1 aliphatic carbocycles. The highest BCUT2D eigenvalue weighted by molar-refractivity contribution is 5.83. The van der Waals surface area contributed by atoms with Crippen LogP contribution in [0.2, 0.25) is 0 Å². The molecule has 2 fully saturated rings. The third-order valence-corrected chi connectivity index (χ3v) is 4.77. The predicted molar refractivity (Wildman–Crippen MR) is 110 cm³/mol. The first-order valence-corrected chi connectivity index (χ1v) is 10.1. The van der Waals surface area contributed by atoms with E-state index >= 15 is 0 Å². The lowest BCUT2D eigenvalue weighted by molar-refractivity contribution is -0.122. The first-order valence-electron chi connectivity index (χ1n) is 10.1. The maximum Gasteiger partial charge on any atom is 0.239 e. The van der Waals surface area contributed by atoms with Crippen LogP contribution in [-0.4, -0.2) is 57.0 Å². The van der Waals surface area contributed by atoms with Gasteiger partial charge in [0.15, 0.2) is 5.96 Å². The summed E-state index contributed by atoms with van der Waals surface area (Å²) in [5.41, 5.74) is 2.16. The van der Waals surface area contributed by atoms with Crippen LogP contribution in [0.5, 0.6) is 0 Å². The highest BCUT2D eigenvalue weighted by atomic mass is 16.2. The van der Waals surface area contributed by atoms with Gasteiger partial charge in [-0.25, -0.2) is 4.99 Å². The van der Waals surface area contributed by atoms with E-state index in [0.29, 0.717) is 32.7 Å². The van der Waals surface area contributed by atoms with Crippen molar-refractivity contribution in [2.45, 2.75) is 26.3 Å². The fourth-order valence-corrected chi connectivity index (χ4v) is 3.04. The zero-order chi connectivity index (χ0) is 19.8. The van der Waals surface area contributed by atoms with Crippen molar-refractivity contribution in [2.75, 3.05) is 44.2 Å². The van der Waals surface area contributed by atoms with Crippen molar-refractivity contribution in [3.8, 4) is 0 Å². The number of aliphatic imine (C=N–C) groups is 1. The third kappa shape index (κ3) is 6.14. The lowest BCUT2D eigenvalue weighted by Gasteiger charge is -2.28. The fraction of sp³-hybridized carbons (Fsp3) is 0.550. The molecular weight excluding hydrogens is 356 g/mol. The molecule has 0 spiro atoms. The van der Waals surface area contributed by atoms with E-state index < -0.39 is 0 Å². The lowest BCUT2D eigenvalue weighted by atomic mass is 10.2. The predicted octanol–water partition coefficient (Wildman–Crippen LogP) is 0.204. The number of nitrogens with one attached hydrogen (secondary N) is 4. The minimum absolute atomic E-state index is 0.0644. The summed E-state index contributed by atoms with van der Waals surface area (Å²) in [4.78, 5) is 29.8. The summed E-state index contributed by atoms with van der Waals surface area (Å²) in [7, 11) is 0. The average molecular weight is 387 g/mol. The van der Waals surface area contributed by atoms with Gasteiger partial charge in [0.05, 0.1) is 13.1 Å². The van der Waals surface area contributed by atoms with Crippen molar-refractivity contribution in [3.63, 3.8) is 0 Å². The van der Waals surface area contributed by atoms with E-state index in [4.69, 9.17) is 0 Å². The number of amides is 2. The van der Waals surface area contributed by atoms with Crippen molar-refractivity contribution < 1.29 is 9.59 Å². The van der Waals surface area contributed by atoms with Crippen LogP contribution in [0.1, 0.15) is 25.3 Å². The molecule has 152 valence electrons. The molecule has 0 bridgehead atoms. The molecule has 1 aromatic carbocycles. The Hall–Kier alpha value is -2.77. The van der Waals surface area contributed by atoms with Crippen LogP contribution in [0.15, 0.2) is 29.3 Å². The molecule has 1 saturated carbocycles. The molecule has 0 aromatic heterocycles. The van der Waals surface area contributed by atoms with E-state index in [9.17, 15) is 9.59 Å². The first-order chi connectivity index (χ1) is 13.7. The molecule has 0 radical (unpaired) electrons. The maximum absolute atomic E-state index is 11.6. The van der Waals surface area contributed by atoms with Gasteiger partial charge in [-0.2, -0.15) is 0 Å². The number of benzene rings is 1. The van der Waals surface area contributed by atoms with E-state index in [0.717, 1.165) is 43.1 Å². The highest BCUT2D eigenvalue weighted by Gasteiger charge is 2.28. The Morgan fingerprint density at radius 1 is 1.18 bits per heavy atom. The molecule has 1 aliphatic heterocycles. The highest BCUT2D eigenvalue weighted by Crippen LogP contribution is 2.28. The van der Waals surface area contributed by atoms with E-state index in [2.05, 4.69) is 31.2 Å². The summed E-state index contributed by atoms with van der Waals surface area (Å²) in [6.45, 7) is 6.51. The second-order valence-electron chi connectivity index (χ2n) is 7.13. The second kappa shape index (κ2) is 9.96. The molecule has 28 heavy (non-hydrogen) atoms. The average Bonchev–Trinajstić information content (AvgIpc) is 3.55. The number of hydrogen-bond acceptors (Lipinski definition) is 4. The van der Waals surface area contributed by atoms with Crippen molar-refractivity contribution in [3.05, 3.63) is 29.8 Å². The molecule has 4 N–H and O–H groups in total. The van der Waals surface area contributed by atoms with E-state index in [-0.39, 0.29) is 17.7 Å². The molecule has 3 rings (SSSR count). The van der Waals surface area contributed by atoms with Gasteiger partial charge < -0.3 is 26.2 Å². The Bertz CT molecular complexity index is 699. The number of piperazine rings is 1. The molecule has 0 unspecified atom stereocenters. The molecule has 1 aromatic rings. The summed E-state index contributed by atoms with van der Waals surface area (Å²) >= 11 is 0. The van der Waals surface area contributed by atoms with E-state index in [1.165, 1.54) is 0 Å². The number of anilines is 1. The van der Waals surface area contributed by atoms with Gasteiger partial charge in [-0.1, -0.05) is 12.1 Å². The van der Waals surface area contributed by atoms with Crippen LogP contribution in [0, 0.1) is 5.92 Å². The fourth-order valence-electron chi connectivity index (χ4n) is 3.04. The van der Waals surface area contributed by atoms with E-state index in [1.807, 2.05) is 31.2 Å². The minimum Gasteiger partial charge on any atom is -0.360 e. The first kappa shape index (κ1) is 20.0. The molecule has 2 amide bonds. The van der Waals surface area contributed by atoms with Gasteiger partial charge in [0.25, 0.3) is 0 Å². The van der Waals surface area contributed by atoms with Gasteiger partial charge in [-0.15, -0.1) is 0 Å². The van der Waals surface area contributed by atoms with Crippen LogP contribution in [0.3, 0.4) is 0 Å². The largest absolute Gasteiger partial charge is 0.360 e. The van der Waals surface area contributed by atoms with Gasteiger partial charge in [-0.05, 0) is 37.5 Å². The number of carbonyl (C=O) groups excluding carboxylic acids is 2. The Morgan fingerprint density at radius 2 is 1.93 bits per heavy atom. The lowest BCUT2D eigenvalue weighted by Crippen LogP contribution is -2.47. The SMILES string of the molecule is CCNC(=NCc1ccc(N2CCNC(=O)C2)cc1)NCCNC(=O)C1CC1. The molecule has 1 saturated heterocycles. The Kier molecular flexibility index (Phi) is 7.11. The summed E-state index contributed by atoms with van der Waals surface area (Å²) in [6.07, 6.45) is 2.04. The zero-order valence-electron chi connectivity index (χ0n) is 16.5. The number of hydrogen-bond donors (Lipinski definition) is 4. The zero-order valence-corrected chi connectivity index (χ0v) is 16.5. The Morgan fingerprint density at radius 3 is 2.61 bits per heavy atom. The van der Waals surface area contributed by atoms with Crippen molar-refractivity contribution in [2.24, 2.45) is 10.9 Å². The van der Waals surface area contributed by atoms with E-state index in [1.54, 1.807) is 0 Å². The number of carbonyl (C=O) groups is 2. The molecule has 2 aliphatic rings. The van der Waals surface area contributed by atoms with Gasteiger partial charge in [0.2, 0.25) is 11.8 Å². The summed E-state index contributed by atoms with van der Waals surface area (Å²) in [5.74, 6) is 1.20. The topological polar surface area (TPSA) is 97.9 Å². The van der Waals surface area contributed by atoms with Gasteiger partial charge in [0, 0.05) is 44.3 Å². The van der Waals surface area contributed by atoms with Gasteiger partial charge >= 0.3 is 0 Å². The molecule has 8 heteroatoms. The molecular formula is C20H30N6O2. The minimum atomic E-state index is 0.0644. The number of rotatable bonds is 8. The molecule has 0 atom stereocenters. The van der Waals surface area contributed by atoms with Crippen molar-refractivity contribution in [1.29, 1.82) is 0 Å². The molecule has 1 heterocycles. The van der Waals surface area contributed by atoms with Crippen LogP contribution in [0.4, 0.5) is 5.69 Å². The Balaban J connectivity index is 1.46. The van der Waals surface area contributed by atoms with Crippen molar-refractivity contribution in [1.82, 2.24) is 21.3 Å². The van der Waals surface area contributed by atoms with Crippen LogP contribution in [0.25, 0.3) is 0 Å². The van der Waals surface area contributed by atoms with Gasteiger partial charge in [-0.3, -0.25) is 9.59 Å². The smallest absolute Gasteiger partial charge is 0.239 e. The Labute approximate surface area is 166 Å². The quantitative estimate of drug-likeness (QED) is 0.291. The summed E-state index contributed by atoms with van der Waals surface area (Å²) in [5, 5.41) is 12.2. The maximum atomic E-state index is 11.6. The van der Waals surface area contributed by atoms with Crippen LogP contribution in [-0.2, 0) is 16.1 Å². The number of guanidine groups is 1. The monoisotopic (exact) mass is 386 g/mol. The van der Waals surface area contributed by atoms with Crippen molar-refractivity contribution >= 4 is 23.5 Å². The van der Waals surface area contributed by atoms with Crippen LogP contribution < -0.4 is 26.2 Å². The standard InChI is InChI=1S/C20H30N6O2/c1-2-21-20(24-10-9-23-19(28)16-5-6-16)25-13-15-3-7-17(8-4-15)26-12-11-22-18(27)14-26/h3-4,7-8,16H,2,5-6,9-14H2,1H3,(H,22,27)(H,23,28)(H2,21,24,25).